The molecule has 2 atom stereocenters. The summed E-state index contributed by atoms with van der Waals surface area (Å²) in [5, 5.41) is 9.14. The molecule has 5 rings (SSSR count). The number of hydrogen-bond donors (Lipinski definition) is 0. The summed E-state index contributed by atoms with van der Waals surface area (Å²) < 4.78 is 6.06. The average Bonchev–Trinajstić information content (AvgIpc) is 3.43. The first-order valence-corrected chi connectivity index (χ1v) is 10.6. The molecule has 0 N–H and O–H groups in total. The van der Waals surface area contributed by atoms with Gasteiger partial charge in [-0.2, -0.15) is 10.2 Å². The number of hydrogen-bond acceptors (Lipinski definition) is 7. The van der Waals surface area contributed by atoms with Crippen molar-refractivity contribution < 1.29 is 9.21 Å². The Morgan fingerprint density at radius 1 is 1.16 bits per heavy atom. The third kappa shape index (κ3) is 3.57. The highest BCUT2D eigenvalue weighted by atomic mass is 35.5. The van der Waals surface area contributed by atoms with Gasteiger partial charge in [0, 0.05) is 29.4 Å². The Bertz CT molecular complexity index is 1250. The van der Waals surface area contributed by atoms with Crippen LogP contribution in [0.4, 0.5) is 5.69 Å². The van der Waals surface area contributed by atoms with Crippen LogP contribution in [0.2, 0.25) is 5.02 Å². The zero-order valence-electron chi connectivity index (χ0n) is 17.2. The molecule has 1 fully saturated rings. The summed E-state index contributed by atoms with van der Waals surface area (Å²) in [4.78, 5) is 24.7. The predicted octanol–water partition coefficient (Wildman–Crippen LogP) is 4.35. The van der Waals surface area contributed by atoms with Crippen LogP contribution in [0.1, 0.15) is 47.8 Å². The Morgan fingerprint density at radius 3 is 2.74 bits per heavy atom. The van der Waals surface area contributed by atoms with Gasteiger partial charge in [-0.05, 0) is 44.9 Å². The molecule has 0 amide bonds. The molecule has 31 heavy (non-hydrogen) atoms. The molecule has 1 aromatic carbocycles. The summed E-state index contributed by atoms with van der Waals surface area (Å²) in [5.74, 6) is 0.809. The molecular formula is C22H21ClN6O2. The number of rotatable bonds is 4. The van der Waals surface area contributed by atoms with Crippen LogP contribution in [-0.4, -0.2) is 43.8 Å². The maximum Gasteiger partial charge on any atom is 0.200 e. The molecular weight excluding hydrogens is 416 g/mol. The first kappa shape index (κ1) is 19.7. The van der Waals surface area contributed by atoms with E-state index < -0.39 is 0 Å². The molecule has 0 unspecified atom stereocenters. The van der Waals surface area contributed by atoms with Crippen LogP contribution in [0.25, 0.3) is 16.8 Å². The first-order valence-electron chi connectivity index (χ1n) is 10.2. The average molecular weight is 437 g/mol. The van der Waals surface area contributed by atoms with Crippen molar-refractivity contribution in [2.45, 2.75) is 38.6 Å². The van der Waals surface area contributed by atoms with E-state index in [1.165, 1.54) is 4.80 Å². The summed E-state index contributed by atoms with van der Waals surface area (Å²) in [6.07, 6.45) is 5.84. The van der Waals surface area contributed by atoms with E-state index in [1.807, 2.05) is 25.1 Å². The molecule has 0 aliphatic carbocycles. The largest absolute Gasteiger partial charge is 0.440 e. The lowest BCUT2D eigenvalue weighted by atomic mass is 9.92. The van der Waals surface area contributed by atoms with Gasteiger partial charge in [0.1, 0.15) is 16.9 Å². The van der Waals surface area contributed by atoms with Crippen molar-refractivity contribution in [3.05, 3.63) is 59.0 Å². The summed E-state index contributed by atoms with van der Waals surface area (Å²) >= 11 is 6.10. The van der Waals surface area contributed by atoms with E-state index in [1.54, 1.807) is 18.5 Å². The molecule has 0 radical (unpaired) electrons. The number of halogens is 1. The van der Waals surface area contributed by atoms with Crippen LogP contribution in [-0.2, 0) is 0 Å². The zero-order valence-corrected chi connectivity index (χ0v) is 18.0. The molecule has 0 spiro atoms. The van der Waals surface area contributed by atoms with E-state index in [2.05, 4.69) is 27.0 Å². The summed E-state index contributed by atoms with van der Waals surface area (Å²) in [7, 11) is 0. The van der Waals surface area contributed by atoms with Gasteiger partial charge in [-0.15, -0.1) is 4.80 Å². The number of anilines is 1. The first-order chi connectivity index (χ1) is 15.0. The summed E-state index contributed by atoms with van der Waals surface area (Å²) in [5.41, 5.74) is 4.03. The van der Waals surface area contributed by atoms with Gasteiger partial charge < -0.3 is 9.32 Å². The van der Waals surface area contributed by atoms with Gasteiger partial charge in [0.05, 0.1) is 24.0 Å². The molecule has 1 aliphatic heterocycles. The fourth-order valence-corrected chi connectivity index (χ4v) is 4.41. The number of benzene rings is 1. The standard InChI is InChI=1S/C22H21ClN6O2/c1-13-9-19(21(18(12-30)26-13)29-24-7-8-25-29)28-11-15(4-3-14(28)2)22-27-17-6-5-16(23)10-20(17)31-22/h5-10,12,14-15H,3-4,11H2,1-2H3/t14-,15-/m1/s1. The van der Waals surface area contributed by atoms with Crippen LogP contribution in [0.3, 0.4) is 0 Å². The Kier molecular flexibility index (Phi) is 4.94. The van der Waals surface area contributed by atoms with Crippen LogP contribution >= 0.6 is 11.6 Å². The van der Waals surface area contributed by atoms with E-state index in [0.717, 1.165) is 36.0 Å². The third-order valence-electron chi connectivity index (χ3n) is 5.77. The number of pyridine rings is 1. The Morgan fingerprint density at radius 2 is 1.97 bits per heavy atom. The highest BCUT2D eigenvalue weighted by molar-refractivity contribution is 6.31. The Labute approximate surface area is 183 Å². The minimum atomic E-state index is 0.106. The van der Waals surface area contributed by atoms with Gasteiger partial charge in [-0.25, -0.2) is 9.97 Å². The van der Waals surface area contributed by atoms with Gasteiger partial charge in [0.25, 0.3) is 0 Å². The number of aryl methyl sites for hydroxylation is 1. The van der Waals surface area contributed by atoms with Gasteiger partial charge in [-0.1, -0.05) is 11.6 Å². The Hall–Kier alpha value is -3.26. The second kappa shape index (κ2) is 7.77. The van der Waals surface area contributed by atoms with Crippen LogP contribution in [0.5, 0.6) is 0 Å². The summed E-state index contributed by atoms with van der Waals surface area (Å²) in [6.45, 7) is 4.75. The van der Waals surface area contributed by atoms with Gasteiger partial charge in [0.2, 0.25) is 0 Å². The SMILES string of the molecule is Cc1cc(N2C[C@H](c3nc4ccc(Cl)cc4o3)CC[C@H]2C)c(-n2nccn2)c(C=O)n1. The van der Waals surface area contributed by atoms with E-state index in [9.17, 15) is 4.79 Å². The number of oxazole rings is 1. The normalized spacial score (nSPS) is 19.1. The molecule has 8 nitrogen and oxygen atoms in total. The fraction of sp³-hybridized carbons (Fsp3) is 0.318. The number of aldehydes is 1. The second-order valence-corrected chi connectivity index (χ2v) is 8.33. The van der Waals surface area contributed by atoms with E-state index in [-0.39, 0.29) is 12.0 Å². The molecule has 158 valence electrons. The van der Waals surface area contributed by atoms with Gasteiger partial charge >= 0.3 is 0 Å². The molecule has 3 aromatic heterocycles. The Balaban J connectivity index is 1.56. The second-order valence-electron chi connectivity index (χ2n) is 7.89. The smallest absolute Gasteiger partial charge is 0.200 e. The quantitative estimate of drug-likeness (QED) is 0.439. The number of piperidine rings is 1. The minimum absolute atomic E-state index is 0.106. The number of fused-ring (bicyclic) bond motifs is 1. The van der Waals surface area contributed by atoms with E-state index >= 15 is 0 Å². The molecule has 0 bridgehead atoms. The van der Waals surface area contributed by atoms with Crippen LogP contribution < -0.4 is 4.90 Å². The number of aromatic nitrogens is 5. The van der Waals surface area contributed by atoms with Gasteiger partial charge in [-0.3, -0.25) is 4.79 Å². The zero-order chi connectivity index (χ0) is 21.5. The van der Waals surface area contributed by atoms with Gasteiger partial charge in [0.15, 0.2) is 17.8 Å². The number of nitrogens with zero attached hydrogens (tertiary/aromatic N) is 6. The van der Waals surface area contributed by atoms with Crippen molar-refractivity contribution in [2.75, 3.05) is 11.4 Å². The van der Waals surface area contributed by atoms with Crippen LogP contribution in [0.15, 0.2) is 41.1 Å². The highest BCUT2D eigenvalue weighted by Gasteiger charge is 2.32. The monoisotopic (exact) mass is 436 g/mol. The fourth-order valence-electron chi connectivity index (χ4n) is 4.25. The molecule has 4 aromatic rings. The molecule has 1 aliphatic rings. The van der Waals surface area contributed by atoms with Crippen molar-refractivity contribution in [1.82, 2.24) is 25.0 Å². The van der Waals surface area contributed by atoms with E-state index in [4.69, 9.17) is 21.0 Å². The van der Waals surface area contributed by atoms with E-state index in [0.29, 0.717) is 34.4 Å². The molecule has 0 saturated carbocycles. The van der Waals surface area contributed by atoms with Crippen molar-refractivity contribution >= 4 is 34.7 Å². The predicted molar refractivity (Wildman–Crippen MR) is 117 cm³/mol. The molecule has 1 saturated heterocycles. The third-order valence-corrected chi connectivity index (χ3v) is 6.00. The van der Waals surface area contributed by atoms with Crippen molar-refractivity contribution in [1.29, 1.82) is 0 Å². The van der Waals surface area contributed by atoms with Crippen molar-refractivity contribution in [2.24, 2.45) is 0 Å². The lowest BCUT2D eigenvalue weighted by molar-refractivity contribution is 0.111. The lowest BCUT2D eigenvalue weighted by Gasteiger charge is -2.39. The van der Waals surface area contributed by atoms with Crippen molar-refractivity contribution in [3.8, 4) is 5.69 Å². The highest BCUT2D eigenvalue weighted by Crippen LogP contribution is 2.37. The van der Waals surface area contributed by atoms with Crippen LogP contribution in [0, 0.1) is 6.92 Å². The minimum Gasteiger partial charge on any atom is -0.440 e. The molecule has 9 heteroatoms. The summed E-state index contributed by atoms with van der Waals surface area (Å²) in [6, 6.07) is 7.72. The number of carbonyl (C=O) groups excluding carboxylic acids is 1. The maximum atomic E-state index is 11.8. The molecule has 4 heterocycles. The topological polar surface area (TPSA) is 89.9 Å². The number of carbonyl (C=O) groups is 1. The maximum absolute atomic E-state index is 11.8. The van der Waals surface area contributed by atoms with Crippen molar-refractivity contribution in [3.63, 3.8) is 0 Å². The lowest BCUT2D eigenvalue weighted by Crippen LogP contribution is -2.42.